The van der Waals surface area contributed by atoms with Crippen molar-refractivity contribution >= 4 is 5.91 Å². The molecule has 3 heterocycles. The first-order valence-corrected chi connectivity index (χ1v) is 8.51. The molecule has 1 atom stereocenters. The van der Waals surface area contributed by atoms with Gasteiger partial charge in [0, 0.05) is 19.3 Å². The second-order valence-electron chi connectivity index (χ2n) is 6.23. The summed E-state index contributed by atoms with van der Waals surface area (Å²) in [4.78, 5) is 20.7. The van der Waals surface area contributed by atoms with Gasteiger partial charge in [-0.25, -0.2) is 4.39 Å². The number of nitrogens with two attached hydrogens (primary N) is 1. The van der Waals surface area contributed by atoms with Crippen molar-refractivity contribution in [3.05, 3.63) is 59.4 Å². The Kier molecular flexibility index (Phi) is 4.69. The zero-order valence-corrected chi connectivity index (χ0v) is 14.4. The van der Waals surface area contributed by atoms with E-state index in [9.17, 15) is 9.18 Å². The molecule has 2 aromatic heterocycles. The number of morpholine rings is 1. The zero-order chi connectivity index (χ0) is 18.8. The molecule has 4 rings (SSSR count). The molecule has 0 radical (unpaired) electrons. The van der Waals surface area contributed by atoms with Gasteiger partial charge in [-0.05, 0) is 23.8 Å². The number of nitrogens with zero attached hydrogens (tertiary/aromatic N) is 3. The summed E-state index contributed by atoms with van der Waals surface area (Å²) in [5.41, 5.74) is 6.83. The number of H-pyrrole nitrogens is 1. The Labute approximate surface area is 154 Å². The summed E-state index contributed by atoms with van der Waals surface area (Å²) in [7, 11) is 0. The molecular weight excluding hydrogens is 353 g/mol. The van der Waals surface area contributed by atoms with Gasteiger partial charge < -0.3 is 20.0 Å². The van der Waals surface area contributed by atoms with Gasteiger partial charge in [0.1, 0.15) is 11.9 Å². The highest BCUT2D eigenvalue weighted by Crippen LogP contribution is 2.30. The minimum Gasteiger partial charge on any atom is -0.379 e. The van der Waals surface area contributed by atoms with E-state index in [1.807, 2.05) is 6.07 Å². The SMILES string of the molecule is NC(=O)c1c[nH]c(-c2noc(C(c3cccc(F)c3)N3CCOCC3)n2)c1. The molecule has 1 amide bonds. The first kappa shape index (κ1) is 17.4. The third-order valence-corrected chi connectivity index (χ3v) is 4.46. The number of carbonyl (C=O) groups excluding carboxylic acids is 1. The second-order valence-corrected chi connectivity index (χ2v) is 6.23. The number of amides is 1. The van der Waals surface area contributed by atoms with Crippen LogP contribution < -0.4 is 5.73 Å². The number of hydrogen-bond acceptors (Lipinski definition) is 6. The zero-order valence-electron chi connectivity index (χ0n) is 14.4. The van der Waals surface area contributed by atoms with Crippen LogP contribution in [0.15, 0.2) is 41.1 Å². The Morgan fingerprint density at radius 3 is 2.81 bits per heavy atom. The van der Waals surface area contributed by atoms with Crippen molar-refractivity contribution in [2.75, 3.05) is 26.3 Å². The first-order valence-electron chi connectivity index (χ1n) is 8.51. The lowest BCUT2D eigenvalue weighted by Crippen LogP contribution is -2.39. The van der Waals surface area contributed by atoms with E-state index < -0.39 is 11.9 Å². The number of ether oxygens (including phenoxy) is 1. The molecule has 1 saturated heterocycles. The Hall–Kier alpha value is -3.04. The molecule has 1 unspecified atom stereocenters. The highest BCUT2D eigenvalue weighted by atomic mass is 19.1. The molecule has 1 aliphatic rings. The van der Waals surface area contributed by atoms with Crippen molar-refractivity contribution < 1.29 is 18.4 Å². The fraction of sp³-hybridized carbons (Fsp3) is 0.278. The predicted molar refractivity (Wildman–Crippen MR) is 93.2 cm³/mol. The first-order chi connectivity index (χ1) is 13.1. The number of rotatable bonds is 5. The molecule has 3 N–H and O–H groups in total. The fourth-order valence-electron chi connectivity index (χ4n) is 3.14. The predicted octanol–water partition coefficient (Wildman–Crippen LogP) is 1.72. The van der Waals surface area contributed by atoms with Gasteiger partial charge in [0.05, 0.1) is 24.5 Å². The number of benzene rings is 1. The number of carbonyl (C=O) groups is 1. The monoisotopic (exact) mass is 371 g/mol. The van der Waals surface area contributed by atoms with Crippen molar-refractivity contribution in [2.45, 2.75) is 6.04 Å². The number of aromatic amines is 1. The van der Waals surface area contributed by atoms with Crippen molar-refractivity contribution in [3.63, 3.8) is 0 Å². The van der Waals surface area contributed by atoms with E-state index in [1.54, 1.807) is 12.1 Å². The van der Waals surface area contributed by atoms with Crippen LogP contribution >= 0.6 is 0 Å². The lowest BCUT2D eigenvalue weighted by atomic mass is 10.0. The number of hydrogen-bond donors (Lipinski definition) is 2. The molecule has 27 heavy (non-hydrogen) atoms. The van der Waals surface area contributed by atoms with Crippen LogP contribution in [-0.2, 0) is 4.74 Å². The molecule has 1 fully saturated rings. The quantitative estimate of drug-likeness (QED) is 0.707. The van der Waals surface area contributed by atoms with Crippen molar-refractivity contribution in [2.24, 2.45) is 5.73 Å². The highest BCUT2D eigenvalue weighted by molar-refractivity contribution is 5.93. The van der Waals surface area contributed by atoms with Crippen LogP contribution in [0.4, 0.5) is 4.39 Å². The van der Waals surface area contributed by atoms with Crippen LogP contribution in [0.25, 0.3) is 11.5 Å². The molecule has 8 nitrogen and oxygen atoms in total. The van der Waals surface area contributed by atoms with Gasteiger partial charge in [0.15, 0.2) is 0 Å². The molecule has 0 aliphatic carbocycles. The molecule has 1 aromatic carbocycles. The topological polar surface area (TPSA) is 110 Å². The van der Waals surface area contributed by atoms with Gasteiger partial charge in [-0.15, -0.1) is 0 Å². The maximum atomic E-state index is 13.8. The minimum atomic E-state index is -0.549. The van der Waals surface area contributed by atoms with Gasteiger partial charge in [0.25, 0.3) is 0 Å². The summed E-state index contributed by atoms with van der Waals surface area (Å²) in [5.74, 6) is -0.243. The summed E-state index contributed by atoms with van der Waals surface area (Å²) >= 11 is 0. The van der Waals surface area contributed by atoms with E-state index in [2.05, 4.69) is 20.0 Å². The highest BCUT2D eigenvalue weighted by Gasteiger charge is 2.30. The van der Waals surface area contributed by atoms with E-state index >= 15 is 0 Å². The average Bonchev–Trinajstić information content (AvgIpc) is 3.32. The lowest BCUT2D eigenvalue weighted by Gasteiger charge is -2.32. The molecule has 0 saturated carbocycles. The van der Waals surface area contributed by atoms with E-state index in [-0.39, 0.29) is 5.82 Å². The van der Waals surface area contributed by atoms with Crippen LogP contribution in [0, 0.1) is 5.82 Å². The summed E-state index contributed by atoms with van der Waals surface area (Å²) in [6, 6.07) is 7.50. The Morgan fingerprint density at radius 2 is 2.11 bits per heavy atom. The van der Waals surface area contributed by atoms with Gasteiger partial charge >= 0.3 is 0 Å². The van der Waals surface area contributed by atoms with Gasteiger partial charge in [0.2, 0.25) is 17.6 Å². The molecule has 1 aliphatic heterocycles. The Bertz CT molecular complexity index is 948. The number of halogens is 1. The van der Waals surface area contributed by atoms with E-state index in [0.717, 1.165) is 5.56 Å². The standard InChI is InChI=1S/C18H18FN5O3/c19-13-3-1-2-11(8-13)15(24-4-6-26-7-5-24)18-22-17(23-27-18)14-9-12(10-21-14)16(20)25/h1-3,8-10,15,21H,4-7H2,(H2,20,25). The van der Waals surface area contributed by atoms with Crippen LogP contribution in [0.2, 0.25) is 0 Å². The van der Waals surface area contributed by atoms with E-state index in [4.69, 9.17) is 15.0 Å². The summed E-state index contributed by atoms with van der Waals surface area (Å²) in [6.07, 6.45) is 1.49. The van der Waals surface area contributed by atoms with Gasteiger partial charge in [-0.1, -0.05) is 17.3 Å². The fourth-order valence-corrected chi connectivity index (χ4v) is 3.14. The van der Waals surface area contributed by atoms with Crippen LogP contribution in [0.3, 0.4) is 0 Å². The molecule has 9 heteroatoms. The lowest BCUT2D eigenvalue weighted by molar-refractivity contribution is 0.0180. The number of primary amides is 1. The van der Waals surface area contributed by atoms with Crippen LogP contribution in [0.5, 0.6) is 0 Å². The smallest absolute Gasteiger partial charge is 0.250 e. The molecular formula is C18H18FN5O3. The maximum absolute atomic E-state index is 13.8. The van der Waals surface area contributed by atoms with Crippen molar-refractivity contribution in [3.8, 4) is 11.5 Å². The number of aromatic nitrogens is 3. The van der Waals surface area contributed by atoms with Crippen molar-refractivity contribution in [1.82, 2.24) is 20.0 Å². The van der Waals surface area contributed by atoms with Gasteiger partial charge in [-0.3, -0.25) is 9.69 Å². The molecule has 0 spiro atoms. The molecule has 140 valence electrons. The summed E-state index contributed by atoms with van der Waals surface area (Å²) in [5, 5.41) is 4.00. The molecule has 3 aromatic rings. The third-order valence-electron chi connectivity index (χ3n) is 4.46. The van der Waals surface area contributed by atoms with E-state index in [1.165, 1.54) is 18.3 Å². The molecule has 0 bridgehead atoms. The normalized spacial score (nSPS) is 16.3. The maximum Gasteiger partial charge on any atom is 0.250 e. The summed E-state index contributed by atoms with van der Waals surface area (Å²) in [6.45, 7) is 2.47. The van der Waals surface area contributed by atoms with Gasteiger partial charge in [-0.2, -0.15) is 4.98 Å². The van der Waals surface area contributed by atoms with Crippen molar-refractivity contribution in [1.29, 1.82) is 0 Å². The van der Waals surface area contributed by atoms with E-state index in [0.29, 0.717) is 49.3 Å². The minimum absolute atomic E-state index is 0.298. The number of nitrogens with one attached hydrogen (secondary N) is 1. The average molecular weight is 371 g/mol. The largest absolute Gasteiger partial charge is 0.379 e. The Balaban J connectivity index is 1.69. The Morgan fingerprint density at radius 1 is 1.30 bits per heavy atom. The van der Waals surface area contributed by atoms with Crippen LogP contribution in [0.1, 0.15) is 27.9 Å². The van der Waals surface area contributed by atoms with Crippen LogP contribution in [-0.4, -0.2) is 52.2 Å². The third kappa shape index (κ3) is 3.60. The summed E-state index contributed by atoms with van der Waals surface area (Å²) < 4.78 is 24.7. The second kappa shape index (κ2) is 7.29.